The van der Waals surface area contributed by atoms with Crippen LogP contribution in [0.15, 0.2) is 22.9 Å². The number of piperidine rings is 1. The molecule has 1 saturated carbocycles. The Morgan fingerprint density at radius 1 is 1.22 bits per heavy atom. The summed E-state index contributed by atoms with van der Waals surface area (Å²) in [5.74, 6) is -0.920. The molecule has 0 bridgehead atoms. The smallest absolute Gasteiger partial charge is 0.329 e. The molecule has 2 heterocycles. The monoisotopic (exact) mass is 382 g/mol. The van der Waals surface area contributed by atoms with E-state index in [0.717, 1.165) is 48.9 Å². The topological polar surface area (TPSA) is 71.5 Å². The Labute approximate surface area is 145 Å². The van der Waals surface area contributed by atoms with Gasteiger partial charge in [-0.3, -0.25) is 0 Å². The summed E-state index contributed by atoms with van der Waals surface area (Å²) in [4.78, 5) is 15.3. The summed E-state index contributed by atoms with van der Waals surface area (Å²) in [5.41, 5.74) is 0.887. The van der Waals surface area contributed by atoms with Gasteiger partial charge in [0, 0.05) is 11.8 Å². The number of carboxylic acid groups (broad SMARTS) is 1. The zero-order valence-electron chi connectivity index (χ0n) is 13.2. The van der Waals surface area contributed by atoms with Crippen LogP contribution < -0.4 is 5.32 Å². The summed E-state index contributed by atoms with van der Waals surface area (Å²) in [6.45, 7) is 1.91. The fourth-order valence-electron chi connectivity index (χ4n) is 4.00. The van der Waals surface area contributed by atoms with Crippen LogP contribution in [0.5, 0.6) is 0 Å². The molecule has 1 saturated heterocycles. The van der Waals surface area contributed by atoms with Crippen molar-refractivity contribution in [2.45, 2.75) is 44.1 Å². The molecule has 5 nitrogen and oxygen atoms in total. The summed E-state index contributed by atoms with van der Waals surface area (Å²) < 4.78 is 6.70. The Balaban J connectivity index is 1.79. The maximum atomic E-state index is 11.0. The van der Waals surface area contributed by atoms with Gasteiger partial charge in [-0.1, -0.05) is 6.07 Å². The fourth-order valence-corrected chi connectivity index (χ4v) is 4.24. The first-order valence-corrected chi connectivity index (χ1v) is 9.02. The molecule has 126 valence electrons. The number of aliphatic carboxylic acids is 1. The second kappa shape index (κ2) is 6.87. The quantitative estimate of drug-likeness (QED) is 0.782. The largest absolute Gasteiger partial charge is 0.480 e. The highest BCUT2D eigenvalue weighted by Gasteiger charge is 2.45. The molecule has 1 aromatic heterocycles. The van der Waals surface area contributed by atoms with E-state index in [-0.39, 0.29) is 6.61 Å². The number of aromatic nitrogens is 1. The average molecular weight is 383 g/mol. The van der Waals surface area contributed by atoms with E-state index in [1.165, 1.54) is 12.8 Å². The summed E-state index contributed by atoms with van der Waals surface area (Å²) >= 11 is 3.35. The lowest BCUT2D eigenvalue weighted by molar-refractivity contribution is -0.157. The first-order valence-electron chi connectivity index (χ1n) is 8.22. The van der Waals surface area contributed by atoms with Crippen molar-refractivity contribution in [2.24, 2.45) is 5.41 Å². The molecule has 0 radical (unpaired) electrons. The van der Waals surface area contributed by atoms with Gasteiger partial charge < -0.3 is 15.2 Å². The standard InChI is InChI=1S/C17H23BrN2O3/c18-14-2-1-13(11-20-14)17(23-12-15(21)22)5-3-16(4-6-17)7-9-19-10-8-16/h1-2,11,19H,3-10,12H2,(H,21,22). The molecular formula is C17H23BrN2O3. The minimum Gasteiger partial charge on any atom is -0.480 e. The molecule has 2 N–H and O–H groups in total. The molecule has 23 heavy (non-hydrogen) atoms. The molecule has 0 unspecified atom stereocenters. The van der Waals surface area contributed by atoms with Gasteiger partial charge >= 0.3 is 5.97 Å². The zero-order chi connectivity index (χ0) is 16.3. The number of nitrogens with zero attached hydrogens (tertiary/aromatic N) is 1. The number of hydrogen-bond donors (Lipinski definition) is 2. The van der Waals surface area contributed by atoms with Gasteiger partial charge in [-0.2, -0.15) is 0 Å². The lowest BCUT2D eigenvalue weighted by Gasteiger charge is -2.48. The van der Waals surface area contributed by atoms with E-state index in [1.807, 2.05) is 18.3 Å². The second-order valence-corrected chi connectivity index (χ2v) is 7.61. The van der Waals surface area contributed by atoms with Gasteiger partial charge in [-0.15, -0.1) is 0 Å². The summed E-state index contributed by atoms with van der Waals surface area (Å²) in [7, 11) is 0. The van der Waals surface area contributed by atoms with Crippen molar-refractivity contribution >= 4 is 21.9 Å². The SMILES string of the molecule is O=C(O)COC1(c2ccc(Br)nc2)CCC2(CCNCC2)CC1. The lowest BCUT2D eigenvalue weighted by atomic mass is 9.63. The predicted octanol–water partition coefficient (Wildman–Crippen LogP) is 3.08. The van der Waals surface area contributed by atoms with Crippen LogP contribution in [0.25, 0.3) is 0 Å². The van der Waals surface area contributed by atoms with E-state index < -0.39 is 11.6 Å². The molecule has 1 aliphatic carbocycles. The normalized spacial score (nSPS) is 22.8. The van der Waals surface area contributed by atoms with Crippen molar-refractivity contribution in [3.63, 3.8) is 0 Å². The first-order chi connectivity index (χ1) is 11.0. The van der Waals surface area contributed by atoms with Crippen LogP contribution >= 0.6 is 15.9 Å². The van der Waals surface area contributed by atoms with Crippen LogP contribution in [0.4, 0.5) is 0 Å². The molecule has 0 amide bonds. The van der Waals surface area contributed by atoms with Crippen molar-refractivity contribution in [2.75, 3.05) is 19.7 Å². The number of halogens is 1. The van der Waals surface area contributed by atoms with Crippen LogP contribution in [0, 0.1) is 5.41 Å². The number of ether oxygens (including phenoxy) is 1. The molecule has 0 atom stereocenters. The van der Waals surface area contributed by atoms with Crippen LogP contribution in [0.1, 0.15) is 44.1 Å². The Morgan fingerprint density at radius 3 is 2.48 bits per heavy atom. The van der Waals surface area contributed by atoms with Crippen LogP contribution in [0.2, 0.25) is 0 Å². The van der Waals surface area contributed by atoms with Gasteiger partial charge in [-0.25, -0.2) is 9.78 Å². The van der Waals surface area contributed by atoms with Crippen LogP contribution in [0.3, 0.4) is 0 Å². The highest BCUT2D eigenvalue weighted by molar-refractivity contribution is 9.10. The van der Waals surface area contributed by atoms with Gasteiger partial charge in [0.1, 0.15) is 11.2 Å². The highest BCUT2D eigenvalue weighted by atomic mass is 79.9. The van der Waals surface area contributed by atoms with Gasteiger partial charge in [-0.05, 0) is 79.0 Å². The second-order valence-electron chi connectivity index (χ2n) is 6.80. The van der Waals surface area contributed by atoms with Crippen molar-refractivity contribution in [3.05, 3.63) is 28.5 Å². The van der Waals surface area contributed by atoms with Crippen molar-refractivity contribution in [3.8, 4) is 0 Å². The zero-order valence-corrected chi connectivity index (χ0v) is 14.8. The van der Waals surface area contributed by atoms with Crippen molar-refractivity contribution in [1.29, 1.82) is 0 Å². The molecule has 2 aliphatic rings. The summed E-state index contributed by atoms with van der Waals surface area (Å²) in [6.07, 6.45) is 8.13. The van der Waals surface area contributed by atoms with E-state index in [9.17, 15) is 4.79 Å². The molecular weight excluding hydrogens is 360 g/mol. The average Bonchev–Trinajstić information content (AvgIpc) is 2.56. The van der Waals surface area contributed by atoms with Crippen LogP contribution in [-0.2, 0) is 15.1 Å². The van der Waals surface area contributed by atoms with Crippen molar-refractivity contribution < 1.29 is 14.6 Å². The number of nitrogens with one attached hydrogen (secondary N) is 1. The Hall–Kier alpha value is -0.980. The van der Waals surface area contributed by atoms with Gasteiger partial charge in [0.15, 0.2) is 0 Å². The number of rotatable bonds is 4. The maximum Gasteiger partial charge on any atom is 0.329 e. The Morgan fingerprint density at radius 2 is 1.91 bits per heavy atom. The molecule has 0 aromatic carbocycles. The third-order valence-corrected chi connectivity index (χ3v) is 5.98. The number of hydrogen-bond acceptors (Lipinski definition) is 4. The van der Waals surface area contributed by atoms with E-state index in [4.69, 9.17) is 9.84 Å². The first kappa shape index (κ1) is 16.9. The Bertz CT molecular complexity index is 545. The minimum absolute atomic E-state index is 0.259. The molecule has 1 aromatic rings. The van der Waals surface area contributed by atoms with Gasteiger partial charge in [0.25, 0.3) is 0 Å². The number of carboxylic acids is 1. The lowest BCUT2D eigenvalue weighted by Crippen LogP contribution is -2.44. The van der Waals surface area contributed by atoms with E-state index >= 15 is 0 Å². The summed E-state index contributed by atoms with van der Waals surface area (Å²) in [5, 5.41) is 12.5. The highest BCUT2D eigenvalue weighted by Crippen LogP contribution is 2.51. The molecule has 1 spiro atoms. The molecule has 1 aliphatic heterocycles. The van der Waals surface area contributed by atoms with E-state index in [0.29, 0.717) is 5.41 Å². The van der Waals surface area contributed by atoms with Crippen LogP contribution in [-0.4, -0.2) is 35.8 Å². The summed E-state index contributed by atoms with van der Waals surface area (Å²) in [6, 6.07) is 3.90. The number of carbonyl (C=O) groups is 1. The molecule has 2 fully saturated rings. The number of pyridine rings is 1. The third-order valence-electron chi connectivity index (χ3n) is 5.51. The van der Waals surface area contributed by atoms with Gasteiger partial charge in [0.05, 0.1) is 5.60 Å². The van der Waals surface area contributed by atoms with Crippen molar-refractivity contribution in [1.82, 2.24) is 10.3 Å². The fraction of sp³-hybridized carbons (Fsp3) is 0.647. The predicted molar refractivity (Wildman–Crippen MR) is 90.2 cm³/mol. The molecule has 3 rings (SSSR count). The van der Waals surface area contributed by atoms with E-state index in [1.54, 1.807) is 0 Å². The third kappa shape index (κ3) is 3.75. The van der Waals surface area contributed by atoms with Gasteiger partial charge in [0.2, 0.25) is 0 Å². The Kier molecular flexibility index (Phi) is 5.04. The minimum atomic E-state index is -0.920. The maximum absolute atomic E-state index is 11.0. The van der Waals surface area contributed by atoms with E-state index in [2.05, 4.69) is 26.2 Å². The molecule has 6 heteroatoms.